The summed E-state index contributed by atoms with van der Waals surface area (Å²) in [5.41, 5.74) is 2.19. The highest BCUT2D eigenvalue weighted by atomic mass is 32.2. The molecule has 0 saturated heterocycles. The number of benzene rings is 1. The average molecular weight is 292 g/mol. The van der Waals surface area contributed by atoms with Crippen LogP contribution in [0.3, 0.4) is 0 Å². The Bertz CT molecular complexity index is 950. The van der Waals surface area contributed by atoms with E-state index >= 15 is 0 Å². The lowest BCUT2D eigenvalue weighted by atomic mass is 10.0. The van der Waals surface area contributed by atoms with E-state index in [2.05, 4.69) is 9.97 Å². The largest absolute Gasteiger partial charge is 0.243 e. The third-order valence-corrected chi connectivity index (χ3v) is 4.44. The molecule has 0 bridgehead atoms. The van der Waals surface area contributed by atoms with Crippen LogP contribution in [0.5, 0.6) is 0 Å². The first kappa shape index (κ1) is 13.2. The fraction of sp³-hybridized carbons (Fsp3) is 0.286. The van der Waals surface area contributed by atoms with E-state index in [4.69, 9.17) is 0 Å². The Balaban J connectivity index is 2.49. The van der Waals surface area contributed by atoms with Gasteiger partial charge in [-0.15, -0.1) is 0 Å². The Morgan fingerprint density at radius 2 is 1.75 bits per heavy atom. The van der Waals surface area contributed by atoms with Crippen LogP contribution < -0.4 is 10.7 Å². The molecular weight excluding hydrogens is 279 g/mol. The molecule has 0 saturated carbocycles. The molecule has 1 aliphatic rings. The lowest BCUT2D eigenvalue weighted by Gasteiger charge is -2.07. The summed E-state index contributed by atoms with van der Waals surface area (Å²) < 4.78 is 37.1. The third-order valence-electron chi connectivity index (χ3n) is 3.34. The number of fused-ring (bicyclic) bond motifs is 2. The molecule has 0 amide bonds. The van der Waals surface area contributed by atoms with Crippen LogP contribution in [0, 0.1) is 12.7 Å². The van der Waals surface area contributed by atoms with Gasteiger partial charge in [0.05, 0.1) is 21.8 Å². The molecule has 0 radical (unpaired) electrons. The molecule has 1 aromatic carbocycles. The van der Waals surface area contributed by atoms with Crippen molar-refractivity contribution in [3.8, 4) is 0 Å². The molecule has 2 heterocycles. The zero-order valence-corrected chi connectivity index (χ0v) is 12.0. The number of hydrogen-bond acceptors (Lipinski definition) is 4. The summed E-state index contributed by atoms with van der Waals surface area (Å²) in [5.74, 6) is -0.333. The van der Waals surface area contributed by atoms with Crippen LogP contribution in [0.2, 0.25) is 0 Å². The molecule has 1 aromatic heterocycles. The number of rotatable bonds is 2. The van der Waals surface area contributed by atoms with E-state index in [1.807, 2.05) is 6.92 Å². The van der Waals surface area contributed by atoms with E-state index in [9.17, 15) is 12.8 Å². The summed E-state index contributed by atoms with van der Waals surface area (Å²) >= 11 is 0. The van der Waals surface area contributed by atoms with Crippen LogP contribution in [-0.2, 0) is 16.3 Å². The van der Waals surface area contributed by atoms with Crippen LogP contribution in [0.15, 0.2) is 6.07 Å². The highest BCUT2D eigenvalue weighted by Gasteiger charge is 2.16. The van der Waals surface area contributed by atoms with Crippen molar-refractivity contribution in [2.45, 2.75) is 26.7 Å². The Morgan fingerprint density at radius 3 is 2.35 bits per heavy atom. The Hall–Kier alpha value is -1.82. The van der Waals surface area contributed by atoms with Gasteiger partial charge in [0.25, 0.3) is 0 Å². The maximum absolute atomic E-state index is 13.9. The zero-order chi connectivity index (χ0) is 14.5. The molecule has 1 aliphatic heterocycles. The maximum atomic E-state index is 13.9. The number of sulfone groups is 1. The fourth-order valence-corrected chi connectivity index (χ4v) is 3.41. The molecule has 6 heteroatoms. The summed E-state index contributed by atoms with van der Waals surface area (Å²) in [5, 5.41) is 2.79. The zero-order valence-electron chi connectivity index (χ0n) is 11.1. The highest BCUT2D eigenvalue weighted by Crippen LogP contribution is 2.21. The first-order valence-electron chi connectivity index (χ1n) is 6.35. The van der Waals surface area contributed by atoms with Crippen molar-refractivity contribution in [1.82, 2.24) is 9.97 Å². The molecule has 3 rings (SSSR count). The third kappa shape index (κ3) is 2.00. The van der Waals surface area contributed by atoms with Gasteiger partial charge in [-0.2, -0.15) is 0 Å². The molecule has 0 unspecified atom stereocenters. The summed E-state index contributed by atoms with van der Waals surface area (Å²) in [6.45, 7) is 3.62. The fourth-order valence-electron chi connectivity index (χ4n) is 2.37. The molecule has 0 fully saturated rings. The monoisotopic (exact) mass is 292 g/mol. The molecule has 20 heavy (non-hydrogen) atoms. The molecule has 0 atom stereocenters. The van der Waals surface area contributed by atoms with Crippen molar-refractivity contribution in [2.75, 3.05) is 0 Å². The second-order valence-electron chi connectivity index (χ2n) is 4.91. The second-order valence-corrected chi connectivity index (χ2v) is 6.56. The first-order chi connectivity index (χ1) is 9.41. The van der Waals surface area contributed by atoms with Gasteiger partial charge in [0.15, 0.2) is 9.84 Å². The minimum absolute atomic E-state index is 0.286. The van der Waals surface area contributed by atoms with E-state index in [0.717, 1.165) is 22.8 Å². The van der Waals surface area contributed by atoms with Gasteiger partial charge in [0.2, 0.25) is 0 Å². The SMILES string of the molecule is CCCc1cc(F)c(C)c2nc3c(nc12)=CS(=O)(=O)C=3. The van der Waals surface area contributed by atoms with Gasteiger partial charge in [-0.1, -0.05) is 13.3 Å². The van der Waals surface area contributed by atoms with E-state index in [0.29, 0.717) is 28.4 Å². The lowest BCUT2D eigenvalue weighted by molar-refractivity contribution is 0.616. The van der Waals surface area contributed by atoms with Crippen molar-refractivity contribution in [1.29, 1.82) is 0 Å². The Labute approximate surface area is 115 Å². The van der Waals surface area contributed by atoms with Gasteiger partial charge in [-0.3, -0.25) is 0 Å². The van der Waals surface area contributed by atoms with Crippen molar-refractivity contribution in [3.05, 3.63) is 33.7 Å². The number of aryl methyl sites for hydroxylation is 2. The minimum atomic E-state index is -3.40. The summed E-state index contributed by atoms with van der Waals surface area (Å²) in [7, 11) is -3.40. The van der Waals surface area contributed by atoms with E-state index in [1.165, 1.54) is 6.07 Å². The normalized spacial score (nSPS) is 15.8. The average Bonchev–Trinajstić information content (AvgIpc) is 2.67. The van der Waals surface area contributed by atoms with Crippen molar-refractivity contribution < 1.29 is 12.8 Å². The summed E-state index contributed by atoms with van der Waals surface area (Å²) in [6.07, 6.45) is 1.53. The predicted octanol–water partition coefficient (Wildman–Crippen LogP) is 0.934. The summed E-state index contributed by atoms with van der Waals surface area (Å²) in [4.78, 5) is 8.66. The number of aromatic nitrogens is 2. The molecule has 0 aliphatic carbocycles. The first-order valence-corrected chi connectivity index (χ1v) is 7.96. The van der Waals surface area contributed by atoms with Crippen molar-refractivity contribution in [2.24, 2.45) is 0 Å². The number of nitrogens with zero attached hydrogens (tertiary/aromatic N) is 2. The van der Waals surface area contributed by atoms with Crippen LogP contribution in [0.25, 0.3) is 21.8 Å². The molecule has 4 nitrogen and oxygen atoms in total. The molecule has 104 valence electrons. The van der Waals surface area contributed by atoms with E-state index < -0.39 is 9.84 Å². The molecule has 0 N–H and O–H groups in total. The van der Waals surface area contributed by atoms with Crippen LogP contribution in [0.1, 0.15) is 24.5 Å². The van der Waals surface area contributed by atoms with Gasteiger partial charge in [0.1, 0.15) is 16.5 Å². The lowest BCUT2D eigenvalue weighted by Crippen LogP contribution is -2.29. The Morgan fingerprint density at radius 1 is 1.15 bits per heavy atom. The van der Waals surface area contributed by atoms with Gasteiger partial charge in [-0.25, -0.2) is 22.8 Å². The minimum Gasteiger partial charge on any atom is -0.243 e. The quantitative estimate of drug-likeness (QED) is 0.826. The van der Waals surface area contributed by atoms with Crippen molar-refractivity contribution >= 4 is 31.7 Å². The standard InChI is InChI=1S/C14H13FN2O2S/c1-3-4-9-5-10(15)8(2)13-14(9)17-12-7-20(18,19)6-11(12)16-13/h5-7H,3-4H2,1-2H3. The molecule has 0 spiro atoms. The van der Waals surface area contributed by atoms with E-state index in [1.54, 1.807) is 6.92 Å². The second kappa shape index (κ2) is 4.34. The predicted molar refractivity (Wildman–Crippen MR) is 75.3 cm³/mol. The number of halogens is 1. The van der Waals surface area contributed by atoms with Gasteiger partial charge in [0, 0.05) is 5.56 Å². The topological polar surface area (TPSA) is 59.9 Å². The number of hydrogen-bond donors (Lipinski definition) is 0. The molecular formula is C14H13FN2O2S. The van der Waals surface area contributed by atoms with Gasteiger partial charge < -0.3 is 0 Å². The highest BCUT2D eigenvalue weighted by molar-refractivity contribution is 8.05. The molecule has 2 aromatic rings. The van der Waals surface area contributed by atoms with Crippen molar-refractivity contribution in [3.63, 3.8) is 0 Å². The van der Waals surface area contributed by atoms with Gasteiger partial charge in [-0.05, 0) is 25.0 Å². The van der Waals surface area contributed by atoms with Gasteiger partial charge >= 0.3 is 0 Å². The Kier molecular flexibility index (Phi) is 2.86. The van der Waals surface area contributed by atoms with Crippen LogP contribution in [-0.4, -0.2) is 18.4 Å². The maximum Gasteiger partial charge on any atom is 0.197 e. The van der Waals surface area contributed by atoms with Crippen LogP contribution >= 0.6 is 0 Å². The van der Waals surface area contributed by atoms with Crippen LogP contribution in [0.4, 0.5) is 4.39 Å². The summed E-state index contributed by atoms with van der Waals surface area (Å²) in [6, 6.07) is 1.47. The smallest absolute Gasteiger partial charge is 0.197 e. The van der Waals surface area contributed by atoms with E-state index in [-0.39, 0.29) is 11.2 Å².